The van der Waals surface area contributed by atoms with Crippen molar-refractivity contribution in [1.29, 1.82) is 0 Å². The van der Waals surface area contributed by atoms with Crippen LogP contribution in [-0.4, -0.2) is 47.1 Å². The Morgan fingerprint density at radius 2 is 1.73 bits per heavy atom. The van der Waals surface area contributed by atoms with E-state index in [-0.39, 0.29) is 28.7 Å². The minimum Gasteiger partial charge on any atom is -0.457 e. The van der Waals surface area contributed by atoms with Crippen molar-refractivity contribution in [2.24, 2.45) is 5.73 Å². The normalized spacial score (nSPS) is 16.8. The Balaban J connectivity index is 1.37. The van der Waals surface area contributed by atoms with Gasteiger partial charge in [-0.2, -0.15) is 0 Å². The zero-order valence-corrected chi connectivity index (χ0v) is 21.3. The van der Waals surface area contributed by atoms with Gasteiger partial charge >= 0.3 is 5.97 Å². The van der Waals surface area contributed by atoms with Crippen LogP contribution in [0.1, 0.15) is 27.3 Å². The summed E-state index contributed by atoms with van der Waals surface area (Å²) < 4.78 is 34.4. The smallest absolute Gasteiger partial charge is 0.338 e. The molecule has 204 valence electrons. The number of pyridine rings is 2. The number of benzene rings is 2. The summed E-state index contributed by atoms with van der Waals surface area (Å²) in [5.41, 5.74) is 13.0. The van der Waals surface area contributed by atoms with E-state index >= 15 is 0 Å². The molecule has 1 amide bonds. The molecule has 0 aliphatic carbocycles. The molecule has 0 saturated carbocycles. The van der Waals surface area contributed by atoms with Crippen LogP contribution >= 0.6 is 0 Å². The number of piperidine rings is 1. The highest BCUT2D eigenvalue weighted by Gasteiger charge is 2.30. The van der Waals surface area contributed by atoms with Crippen LogP contribution in [0.15, 0.2) is 79.1 Å². The van der Waals surface area contributed by atoms with Gasteiger partial charge in [-0.25, -0.2) is 18.6 Å². The van der Waals surface area contributed by atoms with E-state index < -0.39 is 29.6 Å². The molecule has 2 aromatic carbocycles. The molecule has 3 heterocycles. The molecule has 0 spiro atoms. The first-order valence-electron chi connectivity index (χ1n) is 12.5. The number of nitrogen functional groups attached to an aromatic ring is 1. The molecular formula is C29H26F2N6O3. The lowest BCUT2D eigenvalue weighted by atomic mass is 10.0. The van der Waals surface area contributed by atoms with Crippen molar-refractivity contribution in [1.82, 2.24) is 9.97 Å². The summed E-state index contributed by atoms with van der Waals surface area (Å²) in [6.07, 6.45) is 3.00. The molecule has 0 unspecified atom stereocenters. The van der Waals surface area contributed by atoms with E-state index in [2.05, 4.69) is 15.3 Å². The van der Waals surface area contributed by atoms with E-state index in [1.807, 2.05) is 11.0 Å². The van der Waals surface area contributed by atoms with Crippen molar-refractivity contribution in [3.63, 3.8) is 0 Å². The summed E-state index contributed by atoms with van der Waals surface area (Å²) in [6, 6.07) is 16.2. The van der Waals surface area contributed by atoms with Gasteiger partial charge in [-0.3, -0.25) is 9.78 Å². The number of amides is 1. The van der Waals surface area contributed by atoms with Crippen LogP contribution in [-0.2, 0) is 4.74 Å². The highest BCUT2D eigenvalue weighted by atomic mass is 19.1. The third kappa shape index (κ3) is 5.74. The standard InChI is InChI=1S/C29H26F2N6O3/c30-20-7-4-8-21(31)26(20)23-10-9-22(33)27(35-23)28(38)36-24-14-34-12-11-25(24)37-15-18(32)13-19(16-37)40-29(39)17-5-2-1-3-6-17/h1-12,14,18-19H,13,15-16,32-33H2,(H,36,38)/t18-,19-/m0/s1. The number of halogens is 2. The number of carbonyl (C=O) groups excluding carboxylic acids is 2. The monoisotopic (exact) mass is 544 g/mol. The molecule has 5 N–H and O–H groups in total. The summed E-state index contributed by atoms with van der Waals surface area (Å²) in [5.74, 6) is -2.78. The molecule has 1 fully saturated rings. The zero-order chi connectivity index (χ0) is 28.2. The van der Waals surface area contributed by atoms with Crippen molar-refractivity contribution in [2.45, 2.75) is 18.6 Å². The lowest BCUT2D eigenvalue weighted by Crippen LogP contribution is -2.50. The molecule has 4 aromatic rings. The summed E-state index contributed by atoms with van der Waals surface area (Å²) in [6.45, 7) is 0.774. The Hall–Kier alpha value is -4.90. The van der Waals surface area contributed by atoms with E-state index in [0.717, 1.165) is 12.1 Å². The second-order valence-corrected chi connectivity index (χ2v) is 9.37. The van der Waals surface area contributed by atoms with Gasteiger partial charge in [0.15, 0.2) is 5.69 Å². The average molecular weight is 545 g/mol. The molecule has 5 rings (SSSR count). The Morgan fingerprint density at radius 1 is 0.975 bits per heavy atom. The van der Waals surface area contributed by atoms with Crippen LogP contribution in [0.25, 0.3) is 11.3 Å². The minimum atomic E-state index is -0.817. The van der Waals surface area contributed by atoms with Crippen molar-refractivity contribution >= 4 is 28.9 Å². The molecule has 1 aliphatic heterocycles. The van der Waals surface area contributed by atoms with E-state index in [9.17, 15) is 18.4 Å². The first-order chi connectivity index (χ1) is 19.3. The summed E-state index contributed by atoms with van der Waals surface area (Å²) in [4.78, 5) is 36.1. The molecule has 1 aliphatic rings. The van der Waals surface area contributed by atoms with E-state index in [4.69, 9.17) is 16.2 Å². The van der Waals surface area contributed by atoms with Crippen LogP contribution in [0, 0.1) is 11.6 Å². The third-order valence-electron chi connectivity index (χ3n) is 6.48. The second-order valence-electron chi connectivity index (χ2n) is 9.37. The van der Waals surface area contributed by atoms with E-state index in [0.29, 0.717) is 36.4 Å². The van der Waals surface area contributed by atoms with E-state index in [1.165, 1.54) is 24.4 Å². The fourth-order valence-corrected chi connectivity index (χ4v) is 4.64. The Kier molecular flexibility index (Phi) is 7.65. The molecule has 11 heteroatoms. The first-order valence-corrected chi connectivity index (χ1v) is 12.5. The number of nitrogens with two attached hydrogens (primary N) is 2. The third-order valence-corrected chi connectivity index (χ3v) is 6.48. The minimum absolute atomic E-state index is 0.0244. The summed E-state index contributed by atoms with van der Waals surface area (Å²) >= 11 is 0. The molecule has 0 bridgehead atoms. The molecule has 9 nitrogen and oxygen atoms in total. The van der Waals surface area contributed by atoms with Crippen LogP contribution < -0.4 is 21.7 Å². The Morgan fingerprint density at radius 3 is 2.48 bits per heavy atom. The predicted octanol–water partition coefficient (Wildman–Crippen LogP) is 4.02. The van der Waals surface area contributed by atoms with Gasteiger partial charge in [0, 0.05) is 25.2 Å². The number of aromatic nitrogens is 2. The first kappa shape index (κ1) is 26.7. The quantitative estimate of drug-likeness (QED) is 0.310. The second kappa shape index (κ2) is 11.5. The summed E-state index contributed by atoms with van der Waals surface area (Å²) in [7, 11) is 0. The molecule has 40 heavy (non-hydrogen) atoms. The number of hydrogen-bond donors (Lipinski definition) is 3. The molecule has 0 radical (unpaired) electrons. The van der Waals surface area contributed by atoms with Crippen molar-refractivity contribution in [2.75, 3.05) is 29.0 Å². The lowest BCUT2D eigenvalue weighted by molar-refractivity contribution is 0.0255. The van der Waals surface area contributed by atoms with Crippen LogP contribution in [0.5, 0.6) is 0 Å². The van der Waals surface area contributed by atoms with Gasteiger partial charge in [-0.1, -0.05) is 24.3 Å². The fourth-order valence-electron chi connectivity index (χ4n) is 4.64. The highest BCUT2D eigenvalue weighted by Crippen LogP contribution is 2.30. The maximum atomic E-state index is 14.3. The number of hydrogen-bond acceptors (Lipinski definition) is 8. The van der Waals surface area contributed by atoms with Crippen LogP contribution in [0.2, 0.25) is 0 Å². The van der Waals surface area contributed by atoms with Crippen molar-refractivity contribution in [3.05, 3.63) is 102 Å². The van der Waals surface area contributed by atoms with Crippen molar-refractivity contribution in [3.8, 4) is 11.3 Å². The number of anilines is 3. The van der Waals surface area contributed by atoms with Gasteiger partial charge in [0.05, 0.1) is 46.6 Å². The van der Waals surface area contributed by atoms with Gasteiger partial charge < -0.3 is 26.4 Å². The van der Waals surface area contributed by atoms with Crippen LogP contribution in [0.4, 0.5) is 25.8 Å². The largest absolute Gasteiger partial charge is 0.457 e. The lowest BCUT2D eigenvalue weighted by Gasteiger charge is -2.38. The average Bonchev–Trinajstić information content (AvgIpc) is 2.94. The fraction of sp³-hybridized carbons (Fsp3) is 0.172. The van der Waals surface area contributed by atoms with Gasteiger partial charge in [0.2, 0.25) is 0 Å². The van der Waals surface area contributed by atoms with Crippen molar-refractivity contribution < 1.29 is 23.1 Å². The zero-order valence-electron chi connectivity index (χ0n) is 21.3. The highest BCUT2D eigenvalue weighted by molar-refractivity contribution is 6.08. The topological polar surface area (TPSA) is 136 Å². The number of carbonyl (C=O) groups is 2. The van der Waals surface area contributed by atoms with Crippen LogP contribution in [0.3, 0.4) is 0 Å². The van der Waals surface area contributed by atoms with Gasteiger partial charge in [0.25, 0.3) is 5.91 Å². The number of rotatable bonds is 6. The van der Waals surface area contributed by atoms with Gasteiger partial charge in [0.1, 0.15) is 17.7 Å². The Labute approximate surface area is 228 Å². The van der Waals surface area contributed by atoms with Gasteiger partial charge in [-0.15, -0.1) is 0 Å². The molecule has 2 atom stereocenters. The SMILES string of the molecule is Nc1ccc(-c2c(F)cccc2F)nc1C(=O)Nc1cnccc1N1C[C@@H](N)C[C@H](OC(=O)c2ccccc2)C1. The maximum Gasteiger partial charge on any atom is 0.338 e. The van der Waals surface area contributed by atoms with E-state index in [1.54, 1.807) is 36.5 Å². The Bertz CT molecular complexity index is 1530. The predicted molar refractivity (Wildman–Crippen MR) is 147 cm³/mol. The molecular weight excluding hydrogens is 518 g/mol. The number of nitrogens with zero attached hydrogens (tertiary/aromatic N) is 3. The van der Waals surface area contributed by atoms with Gasteiger partial charge in [-0.05, 0) is 42.5 Å². The maximum absolute atomic E-state index is 14.3. The number of nitrogens with one attached hydrogen (secondary N) is 1. The number of ether oxygens (including phenoxy) is 1. The summed E-state index contributed by atoms with van der Waals surface area (Å²) in [5, 5.41) is 2.75. The number of esters is 1. The molecule has 2 aromatic heterocycles. The molecule has 1 saturated heterocycles.